The van der Waals surface area contributed by atoms with Gasteiger partial charge >= 0.3 is 0 Å². The number of ether oxygens (including phenoxy) is 1. The van der Waals surface area contributed by atoms with Gasteiger partial charge in [0.05, 0.1) is 18.3 Å². The maximum atomic E-state index is 11.5. The van der Waals surface area contributed by atoms with E-state index < -0.39 is 0 Å². The summed E-state index contributed by atoms with van der Waals surface area (Å²) >= 11 is 6.13. The second-order valence-electron chi connectivity index (χ2n) is 6.82. The number of rotatable bonds is 6. The molecule has 1 atom stereocenters. The summed E-state index contributed by atoms with van der Waals surface area (Å²) in [4.78, 5) is 20.2. The van der Waals surface area contributed by atoms with Crippen LogP contribution < -0.4 is 15.4 Å². The van der Waals surface area contributed by atoms with E-state index in [2.05, 4.69) is 20.6 Å². The molecule has 1 amide bonds. The average molecular weight is 387 g/mol. The van der Waals surface area contributed by atoms with Crippen molar-refractivity contribution < 1.29 is 13.9 Å². The fourth-order valence-corrected chi connectivity index (χ4v) is 3.30. The molecule has 1 fully saturated rings. The third kappa shape index (κ3) is 3.83. The number of fused-ring (bicyclic) bond motifs is 1. The van der Waals surface area contributed by atoms with Gasteiger partial charge in [0.1, 0.15) is 29.5 Å². The molecule has 0 aliphatic carbocycles. The number of aromatic nitrogens is 2. The molecule has 1 aromatic carbocycles. The first-order valence-electron chi connectivity index (χ1n) is 8.69. The standard InChI is InChI=1S/C19H19ClN4O3/c1-19(8-7-15(25)24-19)11-27-14-6-2-5-13-16(14)22-18(20)23-17(13)21-10-12-4-3-9-26-12/h2-6,9H,7-8,10-11H2,1H3,(H,24,25)(H,21,22,23). The number of hydrogen-bond acceptors (Lipinski definition) is 6. The van der Waals surface area contributed by atoms with Crippen LogP contribution >= 0.6 is 11.6 Å². The average Bonchev–Trinajstić information content (AvgIpc) is 3.28. The topological polar surface area (TPSA) is 89.3 Å². The molecule has 0 spiro atoms. The minimum atomic E-state index is -0.379. The lowest BCUT2D eigenvalue weighted by molar-refractivity contribution is -0.119. The smallest absolute Gasteiger partial charge is 0.225 e. The number of nitrogens with one attached hydrogen (secondary N) is 2. The number of nitrogens with zero attached hydrogens (tertiary/aromatic N) is 2. The molecular formula is C19H19ClN4O3. The fraction of sp³-hybridized carbons (Fsp3) is 0.316. The van der Waals surface area contributed by atoms with E-state index in [0.29, 0.717) is 36.7 Å². The Morgan fingerprint density at radius 3 is 2.96 bits per heavy atom. The van der Waals surface area contributed by atoms with Crippen LogP contribution in [0.15, 0.2) is 41.0 Å². The van der Waals surface area contributed by atoms with E-state index in [1.807, 2.05) is 37.3 Å². The molecule has 2 aromatic heterocycles. The Balaban J connectivity index is 1.59. The first-order chi connectivity index (χ1) is 13.0. The molecule has 1 aliphatic rings. The number of hydrogen-bond donors (Lipinski definition) is 2. The molecule has 7 nitrogen and oxygen atoms in total. The SMILES string of the molecule is CC1(COc2cccc3c(NCc4ccco4)nc(Cl)nc23)CCC(=O)N1. The van der Waals surface area contributed by atoms with Crippen molar-refractivity contribution in [1.29, 1.82) is 0 Å². The fourth-order valence-electron chi connectivity index (χ4n) is 3.13. The summed E-state index contributed by atoms with van der Waals surface area (Å²) in [5.74, 6) is 2.04. The molecule has 4 rings (SSSR count). The van der Waals surface area contributed by atoms with Gasteiger partial charge in [-0.25, -0.2) is 9.97 Å². The maximum Gasteiger partial charge on any atom is 0.225 e. The van der Waals surface area contributed by atoms with E-state index in [-0.39, 0.29) is 16.7 Å². The molecule has 1 unspecified atom stereocenters. The molecule has 3 aromatic rings. The van der Waals surface area contributed by atoms with Crippen molar-refractivity contribution in [3.8, 4) is 5.75 Å². The number of amides is 1. The van der Waals surface area contributed by atoms with E-state index in [9.17, 15) is 4.79 Å². The van der Waals surface area contributed by atoms with Crippen LogP contribution in [0.2, 0.25) is 5.28 Å². The number of furan rings is 1. The second-order valence-corrected chi connectivity index (χ2v) is 7.16. The van der Waals surface area contributed by atoms with Crippen molar-refractivity contribution >= 4 is 34.2 Å². The van der Waals surface area contributed by atoms with Gasteiger partial charge in [-0.1, -0.05) is 6.07 Å². The highest BCUT2D eigenvalue weighted by atomic mass is 35.5. The monoisotopic (exact) mass is 386 g/mol. The first kappa shape index (κ1) is 17.6. The van der Waals surface area contributed by atoms with Crippen molar-refractivity contribution in [1.82, 2.24) is 15.3 Å². The quantitative estimate of drug-likeness (QED) is 0.630. The Kier molecular flexibility index (Phi) is 4.61. The zero-order valence-electron chi connectivity index (χ0n) is 14.8. The molecule has 140 valence electrons. The number of halogens is 1. The van der Waals surface area contributed by atoms with Gasteiger partial charge in [0, 0.05) is 11.8 Å². The predicted molar refractivity (Wildman–Crippen MR) is 102 cm³/mol. The van der Waals surface area contributed by atoms with Crippen molar-refractivity contribution in [3.63, 3.8) is 0 Å². The van der Waals surface area contributed by atoms with E-state index in [1.54, 1.807) is 6.26 Å². The van der Waals surface area contributed by atoms with Crippen LogP contribution in [0.5, 0.6) is 5.75 Å². The van der Waals surface area contributed by atoms with Crippen molar-refractivity contribution in [2.75, 3.05) is 11.9 Å². The Morgan fingerprint density at radius 1 is 1.33 bits per heavy atom. The molecule has 2 N–H and O–H groups in total. The van der Waals surface area contributed by atoms with Crippen molar-refractivity contribution in [3.05, 3.63) is 47.6 Å². The summed E-state index contributed by atoms with van der Waals surface area (Å²) in [6, 6.07) is 9.33. The van der Waals surface area contributed by atoms with Crippen LogP contribution in [-0.4, -0.2) is 28.0 Å². The molecule has 8 heteroatoms. The van der Waals surface area contributed by atoms with Crippen LogP contribution in [-0.2, 0) is 11.3 Å². The molecule has 1 aliphatic heterocycles. The Labute approximate surface area is 161 Å². The zero-order chi connectivity index (χ0) is 18.9. The number of benzene rings is 1. The molecule has 0 bridgehead atoms. The van der Waals surface area contributed by atoms with Gasteiger partial charge < -0.3 is 19.8 Å². The lowest BCUT2D eigenvalue weighted by Gasteiger charge is -2.24. The lowest BCUT2D eigenvalue weighted by atomic mass is 10.0. The second kappa shape index (κ2) is 7.08. The van der Waals surface area contributed by atoms with Crippen LogP contribution in [0.1, 0.15) is 25.5 Å². The summed E-state index contributed by atoms with van der Waals surface area (Å²) in [5, 5.41) is 7.11. The minimum absolute atomic E-state index is 0.0498. The van der Waals surface area contributed by atoms with Gasteiger partial charge in [-0.3, -0.25) is 4.79 Å². The van der Waals surface area contributed by atoms with E-state index in [1.165, 1.54) is 0 Å². The van der Waals surface area contributed by atoms with Crippen LogP contribution in [0.3, 0.4) is 0 Å². The van der Waals surface area contributed by atoms with E-state index >= 15 is 0 Å². The highest BCUT2D eigenvalue weighted by Gasteiger charge is 2.33. The summed E-state index contributed by atoms with van der Waals surface area (Å²) in [5.41, 5.74) is 0.239. The third-order valence-corrected chi connectivity index (χ3v) is 4.73. The summed E-state index contributed by atoms with van der Waals surface area (Å²) in [6.45, 7) is 2.81. The first-order valence-corrected chi connectivity index (χ1v) is 9.07. The third-order valence-electron chi connectivity index (χ3n) is 4.56. The molecule has 1 saturated heterocycles. The maximum absolute atomic E-state index is 11.5. The normalized spacial score (nSPS) is 19.3. The van der Waals surface area contributed by atoms with Gasteiger partial charge in [0.15, 0.2) is 0 Å². The number of para-hydroxylation sites is 1. The predicted octanol–water partition coefficient (Wildman–Crippen LogP) is 3.54. The van der Waals surface area contributed by atoms with E-state index in [4.69, 9.17) is 20.8 Å². The summed E-state index contributed by atoms with van der Waals surface area (Å²) in [7, 11) is 0. The minimum Gasteiger partial charge on any atom is -0.489 e. The molecule has 0 saturated carbocycles. The summed E-state index contributed by atoms with van der Waals surface area (Å²) in [6.07, 6.45) is 2.88. The van der Waals surface area contributed by atoms with Gasteiger partial charge in [-0.15, -0.1) is 0 Å². The van der Waals surface area contributed by atoms with Gasteiger partial charge in [0.25, 0.3) is 0 Å². The highest BCUT2D eigenvalue weighted by Crippen LogP contribution is 2.31. The number of carbonyl (C=O) groups is 1. The van der Waals surface area contributed by atoms with Gasteiger partial charge in [-0.05, 0) is 49.2 Å². The lowest BCUT2D eigenvalue weighted by Crippen LogP contribution is -2.43. The Hall–Kier alpha value is -2.80. The number of carbonyl (C=O) groups excluding carboxylic acids is 1. The van der Waals surface area contributed by atoms with Crippen molar-refractivity contribution in [2.45, 2.75) is 31.8 Å². The molecule has 3 heterocycles. The van der Waals surface area contributed by atoms with E-state index in [0.717, 1.165) is 17.6 Å². The van der Waals surface area contributed by atoms with Gasteiger partial charge in [0.2, 0.25) is 11.2 Å². The van der Waals surface area contributed by atoms with Crippen LogP contribution in [0.25, 0.3) is 10.9 Å². The van der Waals surface area contributed by atoms with Gasteiger partial charge in [-0.2, -0.15) is 0 Å². The number of anilines is 1. The largest absolute Gasteiger partial charge is 0.489 e. The Morgan fingerprint density at radius 2 is 2.22 bits per heavy atom. The molecular weight excluding hydrogens is 368 g/mol. The Bertz CT molecular complexity index is 977. The van der Waals surface area contributed by atoms with Crippen LogP contribution in [0, 0.1) is 0 Å². The molecule has 27 heavy (non-hydrogen) atoms. The zero-order valence-corrected chi connectivity index (χ0v) is 15.5. The molecule has 0 radical (unpaired) electrons. The van der Waals surface area contributed by atoms with Crippen molar-refractivity contribution in [2.24, 2.45) is 0 Å². The summed E-state index contributed by atoms with van der Waals surface area (Å²) < 4.78 is 11.3. The highest BCUT2D eigenvalue weighted by molar-refractivity contribution is 6.29. The van der Waals surface area contributed by atoms with Crippen LogP contribution in [0.4, 0.5) is 5.82 Å².